The Bertz CT molecular complexity index is 491. The summed E-state index contributed by atoms with van der Waals surface area (Å²) in [6, 6.07) is 10.6. The number of rotatable bonds is 7. The highest BCUT2D eigenvalue weighted by Gasteiger charge is 2.11. The molecule has 0 saturated carbocycles. The summed E-state index contributed by atoms with van der Waals surface area (Å²) in [5, 5.41) is 4.72. The van der Waals surface area contributed by atoms with E-state index in [-0.39, 0.29) is 0 Å². The van der Waals surface area contributed by atoms with Crippen LogP contribution in [-0.2, 0) is 13.0 Å². The van der Waals surface area contributed by atoms with Crippen LogP contribution in [0, 0.1) is 0 Å². The molecule has 0 amide bonds. The predicted octanol–water partition coefficient (Wildman–Crippen LogP) is 4.26. The van der Waals surface area contributed by atoms with Crippen LogP contribution in [0.25, 0.3) is 10.4 Å². The van der Waals surface area contributed by atoms with Crippen molar-refractivity contribution in [2.75, 3.05) is 6.54 Å². The van der Waals surface area contributed by atoms with Crippen molar-refractivity contribution in [3.05, 3.63) is 41.0 Å². The number of benzene rings is 1. The van der Waals surface area contributed by atoms with Crippen molar-refractivity contribution in [1.29, 1.82) is 0 Å². The lowest BCUT2D eigenvalue weighted by molar-refractivity contribution is 0.665. The molecule has 0 bridgehead atoms. The lowest BCUT2D eigenvalue weighted by Gasteiger charge is -2.03. The molecule has 0 aliphatic heterocycles. The smallest absolute Gasteiger partial charge is 0.0935 e. The maximum atomic E-state index is 4.80. The highest BCUT2D eigenvalue weighted by atomic mass is 32.1. The van der Waals surface area contributed by atoms with Crippen molar-refractivity contribution in [1.82, 2.24) is 10.3 Å². The van der Waals surface area contributed by atoms with Gasteiger partial charge in [0.05, 0.1) is 15.6 Å². The third-order valence-electron chi connectivity index (χ3n) is 2.96. The van der Waals surface area contributed by atoms with Crippen LogP contribution in [0.15, 0.2) is 30.3 Å². The summed E-state index contributed by atoms with van der Waals surface area (Å²) in [5.41, 5.74) is 2.49. The Hall–Kier alpha value is -1.19. The first kappa shape index (κ1) is 14.2. The van der Waals surface area contributed by atoms with Crippen molar-refractivity contribution >= 4 is 11.3 Å². The van der Waals surface area contributed by atoms with E-state index in [1.165, 1.54) is 21.1 Å². The Labute approximate surface area is 119 Å². The molecule has 0 aliphatic rings. The van der Waals surface area contributed by atoms with Gasteiger partial charge in [-0.05, 0) is 31.4 Å². The first-order valence-electron chi connectivity index (χ1n) is 7.09. The second-order valence-corrected chi connectivity index (χ2v) is 5.76. The van der Waals surface area contributed by atoms with Crippen molar-refractivity contribution in [2.45, 2.75) is 39.7 Å². The van der Waals surface area contributed by atoms with Gasteiger partial charge < -0.3 is 5.32 Å². The van der Waals surface area contributed by atoms with Gasteiger partial charge >= 0.3 is 0 Å². The number of hydrogen-bond acceptors (Lipinski definition) is 3. The fourth-order valence-electron chi connectivity index (χ4n) is 2.04. The summed E-state index contributed by atoms with van der Waals surface area (Å²) < 4.78 is 0. The molecule has 0 radical (unpaired) electrons. The first-order chi connectivity index (χ1) is 9.35. The zero-order chi connectivity index (χ0) is 13.5. The number of hydrogen-bond donors (Lipinski definition) is 1. The molecule has 102 valence electrons. The monoisotopic (exact) mass is 274 g/mol. The third kappa shape index (κ3) is 3.88. The average molecular weight is 274 g/mol. The van der Waals surface area contributed by atoms with Crippen LogP contribution < -0.4 is 5.32 Å². The van der Waals surface area contributed by atoms with E-state index in [0.29, 0.717) is 0 Å². The molecule has 0 atom stereocenters. The molecule has 1 aromatic heterocycles. The molecule has 3 heteroatoms. The fourth-order valence-corrected chi connectivity index (χ4v) is 3.23. The molecule has 0 unspecified atom stereocenters. The van der Waals surface area contributed by atoms with E-state index in [2.05, 4.69) is 49.5 Å². The van der Waals surface area contributed by atoms with E-state index in [4.69, 9.17) is 4.98 Å². The molecule has 1 aromatic carbocycles. The first-order valence-corrected chi connectivity index (χ1v) is 7.91. The Morgan fingerprint density at radius 3 is 2.58 bits per heavy atom. The lowest BCUT2D eigenvalue weighted by atomic mass is 10.1. The Balaban J connectivity index is 2.23. The second-order valence-electron chi connectivity index (χ2n) is 4.68. The molecule has 19 heavy (non-hydrogen) atoms. The number of aryl methyl sites for hydroxylation is 1. The van der Waals surface area contributed by atoms with Crippen LogP contribution in [0.4, 0.5) is 0 Å². The van der Waals surface area contributed by atoms with Crippen LogP contribution >= 0.6 is 11.3 Å². The Kier molecular flexibility index (Phi) is 5.55. The van der Waals surface area contributed by atoms with E-state index in [9.17, 15) is 0 Å². The minimum absolute atomic E-state index is 0.873. The number of nitrogens with one attached hydrogen (secondary N) is 1. The van der Waals surface area contributed by atoms with Crippen LogP contribution in [-0.4, -0.2) is 11.5 Å². The van der Waals surface area contributed by atoms with Gasteiger partial charge in [0, 0.05) is 6.54 Å². The van der Waals surface area contributed by atoms with E-state index < -0.39 is 0 Å². The molecule has 0 aliphatic carbocycles. The van der Waals surface area contributed by atoms with Crippen molar-refractivity contribution in [3.8, 4) is 10.4 Å². The van der Waals surface area contributed by atoms with Gasteiger partial charge in [-0.15, -0.1) is 11.3 Å². The molecule has 0 fully saturated rings. The van der Waals surface area contributed by atoms with Gasteiger partial charge in [-0.3, -0.25) is 0 Å². The maximum Gasteiger partial charge on any atom is 0.0935 e. The average Bonchev–Trinajstić information content (AvgIpc) is 2.84. The summed E-state index contributed by atoms with van der Waals surface area (Å²) in [4.78, 5) is 6.13. The molecule has 1 N–H and O–H groups in total. The fraction of sp³-hybridized carbons (Fsp3) is 0.438. The molecular weight excluding hydrogens is 252 g/mol. The van der Waals surface area contributed by atoms with Gasteiger partial charge in [0.25, 0.3) is 0 Å². The van der Waals surface area contributed by atoms with Crippen molar-refractivity contribution in [3.63, 3.8) is 0 Å². The third-order valence-corrected chi connectivity index (χ3v) is 4.17. The topological polar surface area (TPSA) is 24.9 Å². The van der Waals surface area contributed by atoms with Gasteiger partial charge in [0.1, 0.15) is 0 Å². The highest BCUT2D eigenvalue weighted by molar-refractivity contribution is 7.15. The van der Waals surface area contributed by atoms with E-state index >= 15 is 0 Å². The van der Waals surface area contributed by atoms with Crippen molar-refractivity contribution < 1.29 is 0 Å². The summed E-state index contributed by atoms with van der Waals surface area (Å²) in [6.45, 7) is 6.32. The van der Waals surface area contributed by atoms with Crippen molar-refractivity contribution in [2.24, 2.45) is 0 Å². The normalized spacial score (nSPS) is 10.8. The predicted molar refractivity (Wildman–Crippen MR) is 83.5 cm³/mol. The minimum Gasteiger partial charge on any atom is -0.311 e. The van der Waals surface area contributed by atoms with Gasteiger partial charge in [0.2, 0.25) is 0 Å². The van der Waals surface area contributed by atoms with Gasteiger partial charge in [-0.2, -0.15) is 0 Å². The van der Waals surface area contributed by atoms with Gasteiger partial charge in [0.15, 0.2) is 0 Å². The van der Waals surface area contributed by atoms with E-state index in [0.717, 1.165) is 32.4 Å². The summed E-state index contributed by atoms with van der Waals surface area (Å²) in [5.74, 6) is 0. The second kappa shape index (κ2) is 7.41. The highest BCUT2D eigenvalue weighted by Crippen LogP contribution is 2.30. The van der Waals surface area contributed by atoms with Crippen LogP contribution in [0.2, 0.25) is 0 Å². The largest absolute Gasteiger partial charge is 0.311 e. The molecule has 0 saturated heterocycles. The van der Waals surface area contributed by atoms with E-state index in [1.807, 2.05) is 11.3 Å². The molecule has 1 heterocycles. The number of nitrogens with zero attached hydrogens (tertiary/aromatic N) is 1. The number of thiazole rings is 1. The Morgan fingerprint density at radius 2 is 1.89 bits per heavy atom. The summed E-state index contributed by atoms with van der Waals surface area (Å²) in [6.07, 6.45) is 3.40. The lowest BCUT2D eigenvalue weighted by Crippen LogP contribution is -2.14. The van der Waals surface area contributed by atoms with Crippen LogP contribution in [0.3, 0.4) is 0 Å². The zero-order valence-corrected chi connectivity index (χ0v) is 12.6. The van der Waals surface area contributed by atoms with Crippen LogP contribution in [0.1, 0.15) is 37.4 Å². The van der Waals surface area contributed by atoms with Gasteiger partial charge in [-0.1, -0.05) is 44.2 Å². The SMILES string of the molecule is CCCNCc1nc(CCC)sc1-c1ccccc1. The quantitative estimate of drug-likeness (QED) is 0.763. The Morgan fingerprint density at radius 1 is 1.11 bits per heavy atom. The molecular formula is C16H22N2S. The summed E-state index contributed by atoms with van der Waals surface area (Å²) in [7, 11) is 0. The maximum absolute atomic E-state index is 4.80. The van der Waals surface area contributed by atoms with Crippen LogP contribution in [0.5, 0.6) is 0 Å². The molecule has 0 spiro atoms. The molecule has 2 aromatic rings. The van der Waals surface area contributed by atoms with Gasteiger partial charge in [-0.25, -0.2) is 4.98 Å². The minimum atomic E-state index is 0.873. The molecule has 2 rings (SSSR count). The molecule has 2 nitrogen and oxygen atoms in total. The standard InChI is InChI=1S/C16H22N2S/c1-3-8-15-18-14(12-17-11-4-2)16(19-15)13-9-6-5-7-10-13/h5-7,9-10,17H,3-4,8,11-12H2,1-2H3. The summed E-state index contributed by atoms with van der Waals surface area (Å²) >= 11 is 1.84. The van der Waals surface area contributed by atoms with E-state index in [1.54, 1.807) is 0 Å². The number of aromatic nitrogens is 1. The zero-order valence-electron chi connectivity index (χ0n) is 11.8.